The Kier molecular flexibility index (Phi) is 3.04. The summed E-state index contributed by atoms with van der Waals surface area (Å²) in [7, 11) is 0. The van der Waals surface area contributed by atoms with E-state index in [0.29, 0.717) is 25.4 Å². The van der Waals surface area contributed by atoms with Gasteiger partial charge in [-0.2, -0.15) is 0 Å². The van der Waals surface area contributed by atoms with Crippen molar-refractivity contribution in [2.75, 3.05) is 13.2 Å². The summed E-state index contributed by atoms with van der Waals surface area (Å²) in [6.45, 7) is 1.85. The van der Waals surface area contributed by atoms with Crippen LogP contribution in [0.4, 0.5) is 0 Å². The minimum Gasteiger partial charge on any atom is -0.376 e. The summed E-state index contributed by atoms with van der Waals surface area (Å²) in [5.74, 6) is 0. The first-order chi connectivity index (χ1) is 8.85. The highest BCUT2D eigenvalue weighted by Crippen LogP contribution is 2.15. The Hall–Kier alpha value is -1.78. The molecule has 1 aromatic heterocycles. The highest BCUT2D eigenvalue weighted by molar-refractivity contribution is 5.86. The van der Waals surface area contributed by atoms with Gasteiger partial charge in [-0.1, -0.05) is 6.07 Å². The van der Waals surface area contributed by atoms with Crippen LogP contribution in [0.2, 0.25) is 0 Å². The molecule has 18 heavy (non-hydrogen) atoms. The molecule has 1 aliphatic rings. The second kappa shape index (κ2) is 4.84. The number of fused-ring (bicyclic) bond motifs is 1. The van der Waals surface area contributed by atoms with E-state index in [-0.39, 0.29) is 6.10 Å². The average Bonchev–Trinajstić information content (AvgIpc) is 2.36. The van der Waals surface area contributed by atoms with Crippen molar-refractivity contribution in [3.63, 3.8) is 0 Å². The van der Waals surface area contributed by atoms with Crippen LogP contribution in [0, 0.1) is 0 Å². The minimum absolute atomic E-state index is 0.208. The van der Waals surface area contributed by atoms with Gasteiger partial charge in [0.15, 0.2) is 0 Å². The fraction of sp³-hybridized carbons (Fsp3) is 0.286. The second-order valence-electron chi connectivity index (χ2n) is 4.34. The zero-order chi connectivity index (χ0) is 12.4. The first-order valence-electron chi connectivity index (χ1n) is 5.89. The van der Waals surface area contributed by atoms with Crippen LogP contribution in [-0.4, -0.2) is 30.6 Å². The van der Waals surface area contributed by atoms with Crippen molar-refractivity contribution in [3.8, 4) is 0 Å². The number of carbonyl (C=O) groups excluding carboxylic acids is 1. The number of hydrogen-bond donors (Lipinski definition) is 0. The van der Waals surface area contributed by atoms with E-state index in [1.807, 2.05) is 24.3 Å². The lowest BCUT2D eigenvalue weighted by Gasteiger charge is -2.25. The van der Waals surface area contributed by atoms with Crippen LogP contribution in [0.3, 0.4) is 0 Å². The van der Waals surface area contributed by atoms with Crippen molar-refractivity contribution < 1.29 is 14.3 Å². The molecule has 3 rings (SSSR count). The molecule has 1 saturated heterocycles. The van der Waals surface area contributed by atoms with Crippen LogP contribution >= 0.6 is 0 Å². The summed E-state index contributed by atoms with van der Waals surface area (Å²) in [5.41, 5.74) is 2.44. The van der Waals surface area contributed by atoms with Gasteiger partial charge in [-0.05, 0) is 24.3 Å². The molecule has 0 N–H and O–H groups in total. The van der Waals surface area contributed by atoms with Crippen molar-refractivity contribution in [1.82, 2.24) is 4.98 Å². The molecular weight excluding hydrogens is 230 g/mol. The molecule has 0 aliphatic carbocycles. The first-order valence-corrected chi connectivity index (χ1v) is 5.89. The normalized spacial score (nSPS) is 15.6. The van der Waals surface area contributed by atoms with Gasteiger partial charge in [-0.3, -0.25) is 9.78 Å². The number of carbonyl (C=O) groups is 1. The van der Waals surface area contributed by atoms with Gasteiger partial charge in [0, 0.05) is 10.9 Å². The molecule has 1 aliphatic heterocycles. The second-order valence-corrected chi connectivity index (χ2v) is 4.34. The van der Waals surface area contributed by atoms with Crippen LogP contribution in [0.15, 0.2) is 30.3 Å². The van der Waals surface area contributed by atoms with E-state index < -0.39 is 0 Å². The van der Waals surface area contributed by atoms with Crippen molar-refractivity contribution >= 4 is 17.2 Å². The van der Waals surface area contributed by atoms with E-state index in [4.69, 9.17) is 9.47 Å². The molecule has 4 nitrogen and oxygen atoms in total. The molecule has 92 valence electrons. The molecule has 0 saturated carbocycles. The summed E-state index contributed by atoms with van der Waals surface area (Å²) in [4.78, 5) is 15.2. The zero-order valence-corrected chi connectivity index (χ0v) is 9.83. The SMILES string of the molecule is O=Cc1ccc2nc(COC3COC3)ccc2c1. The van der Waals surface area contributed by atoms with Crippen LogP contribution < -0.4 is 0 Å². The van der Waals surface area contributed by atoms with Crippen molar-refractivity contribution in [2.24, 2.45) is 0 Å². The van der Waals surface area contributed by atoms with Gasteiger partial charge in [0.2, 0.25) is 0 Å². The number of aldehydes is 1. The fourth-order valence-electron chi connectivity index (χ4n) is 1.85. The van der Waals surface area contributed by atoms with E-state index >= 15 is 0 Å². The van der Waals surface area contributed by atoms with E-state index in [1.54, 1.807) is 6.07 Å². The molecule has 0 spiro atoms. The van der Waals surface area contributed by atoms with Crippen molar-refractivity contribution in [1.29, 1.82) is 0 Å². The van der Waals surface area contributed by atoms with E-state index in [1.165, 1.54) is 0 Å². The summed E-state index contributed by atoms with van der Waals surface area (Å²) < 4.78 is 10.7. The number of nitrogens with zero attached hydrogens (tertiary/aromatic N) is 1. The van der Waals surface area contributed by atoms with Gasteiger partial charge in [-0.25, -0.2) is 0 Å². The van der Waals surface area contributed by atoms with Gasteiger partial charge in [-0.15, -0.1) is 0 Å². The minimum atomic E-state index is 0.208. The predicted octanol–water partition coefficient (Wildman–Crippen LogP) is 1.96. The summed E-state index contributed by atoms with van der Waals surface area (Å²) >= 11 is 0. The standard InChI is InChI=1S/C14H13NO3/c16-6-10-1-4-14-11(5-10)2-3-12(15-14)7-18-13-8-17-9-13/h1-6,13H,7-9H2. The molecule has 1 aromatic carbocycles. The number of hydrogen-bond acceptors (Lipinski definition) is 4. The quantitative estimate of drug-likeness (QED) is 0.770. The molecular formula is C14H13NO3. The fourth-order valence-corrected chi connectivity index (χ4v) is 1.85. The van der Waals surface area contributed by atoms with Gasteiger partial charge in [0.1, 0.15) is 12.4 Å². The maximum absolute atomic E-state index is 10.7. The Balaban J connectivity index is 1.79. The molecule has 2 aromatic rings. The molecule has 4 heteroatoms. The lowest BCUT2D eigenvalue weighted by molar-refractivity contribution is -0.135. The Labute approximate surface area is 105 Å². The van der Waals surface area contributed by atoms with E-state index in [0.717, 1.165) is 22.9 Å². The monoisotopic (exact) mass is 243 g/mol. The van der Waals surface area contributed by atoms with Gasteiger partial charge in [0.05, 0.1) is 31.0 Å². The molecule has 1 fully saturated rings. The average molecular weight is 243 g/mol. The van der Waals surface area contributed by atoms with Crippen LogP contribution in [0.5, 0.6) is 0 Å². The Morgan fingerprint density at radius 3 is 2.94 bits per heavy atom. The highest BCUT2D eigenvalue weighted by Gasteiger charge is 2.18. The molecule has 0 unspecified atom stereocenters. The third kappa shape index (κ3) is 2.25. The van der Waals surface area contributed by atoms with Gasteiger partial charge < -0.3 is 9.47 Å². The van der Waals surface area contributed by atoms with Crippen molar-refractivity contribution in [2.45, 2.75) is 12.7 Å². The topological polar surface area (TPSA) is 48.4 Å². The number of aromatic nitrogens is 1. The lowest BCUT2D eigenvalue weighted by atomic mass is 10.1. The third-order valence-corrected chi connectivity index (χ3v) is 2.98. The predicted molar refractivity (Wildman–Crippen MR) is 66.5 cm³/mol. The summed E-state index contributed by atoms with van der Waals surface area (Å²) in [6, 6.07) is 9.35. The van der Waals surface area contributed by atoms with Crippen molar-refractivity contribution in [3.05, 3.63) is 41.6 Å². The molecule has 2 heterocycles. The van der Waals surface area contributed by atoms with Crippen LogP contribution in [0.1, 0.15) is 16.1 Å². The van der Waals surface area contributed by atoms with Gasteiger partial charge >= 0.3 is 0 Å². The number of ether oxygens (including phenoxy) is 2. The maximum Gasteiger partial charge on any atom is 0.150 e. The maximum atomic E-state index is 10.7. The highest BCUT2D eigenvalue weighted by atomic mass is 16.6. The summed E-state index contributed by atoms with van der Waals surface area (Å²) in [5, 5.41) is 0.968. The number of rotatable bonds is 4. The molecule has 0 atom stereocenters. The van der Waals surface area contributed by atoms with Gasteiger partial charge in [0.25, 0.3) is 0 Å². The third-order valence-electron chi connectivity index (χ3n) is 2.98. The molecule has 0 bridgehead atoms. The smallest absolute Gasteiger partial charge is 0.150 e. The first kappa shape index (κ1) is 11.3. The largest absolute Gasteiger partial charge is 0.376 e. The Morgan fingerprint density at radius 1 is 1.33 bits per heavy atom. The number of benzene rings is 1. The van der Waals surface area contributed by atoms with Crippen LogP contribution in [0.25, 0.3) is 10.9 Å². The Bertz CT molecular complexity index is 578. The molecule has 0 radical (unpaired) electrons. The summed E-state index contributed by atoms with van der Waals surface area (Å²) in [6.07, 6.45) is 1.05. The zero-order valence-electron chi connectivity index (χ0n) is 9.83. The Morgan fingerprint density at radius 2 is 2.22 bits per heavy atom. The molecule has 0 amide bonds. The van der Waals surface area contributed by atoms with E-state index in [9.17, 15) is 4.79 Å². The lowest BCUT2D eigenvalue weighted by Crippen LogP contribution is -2.35. The number of pyridine rings is 1. The van der Waals surface area contributed by atoms with Crippen LogP contribution in [-0.2, 0) is 16.1 Å². The van der Waals surface area contributed by atoms with E-state index in [2.05, 4.69) is 4.98 Å².